The minimum Gasteiger partial charge on any atom is -0.479 e. The zero-order valence-corrected chi connectivity index (χ0v) is 15.5. The maximum absolute atomic E-state index is 12.7. The van der Waals surface area contributed by atoms with Crippen molar-refractivity contribution in [3.05, 3.63) is 24.3 Å². The third kappa shape index (κ3) is 4.07. The number of carbonyl (C=O) groups excluding carboxylic acids is 2. The highest BCUT2D eigenvalue weighted by molar-refractivity contribution is 6.03. The second-order valence-electron chi connectivity index (χ2n) is 6.73. The normalized spacial score (nSPS) is 21.9. The average molecular weight is 368 g/mol. The summed E-state index contributed by atoms with van der Waals surface area (Å²) >= 11 is 0. The van der Waals surface area contributed by atoms with Crippen molar-refractivity contribution in [1.29, 1.82) is 0 Å². The maximum Gasteiger partial charge on any atom is 0.268 e. The lowest BCUT2D eigenvalue weighted by Crippen LogP contribution is -2.51. The molecule has 25 heavy (non-hydrogen) atoms. The lowest BCUT2D eigenvalue weighted by Gasteiger charge is -2.37. The smallest absolute Gasteiger partial charge is 0.268 e. The number of benzene rings is 1. The highest BCUT2D eigenvalue weighted by Crippen LogP contribution is 2.33. The Bertz CT molecular complexity index is 630. The van der Waals surface area contributed by atoms with E-state index in [-0.39, 0.29) is 36.8 Å². The number of piperidine rings is 1. The zero-order chi connectivity index (χ0) is 17.3. The molecule has 7 heteroatoms. The van der Waals surface area contributed by atoms with Crippen LogP contribution in [0, 0.1) is 5.92 Å². The van der Waals surface area contributed by atoms with Crippen LogP contribution in [0.25, 0.3) is 0 Å². The maximum atomic E-state index is 12.7. The van der Waals surface area contributed by atoms with Crippen molar-refractivity contribution in [3.63, 3.8) is 0 Å². The minimum absolute atomic E-state index is 0. The molecule has 0 aliphatic carbocycles. The molecule has 2 heterocycles. The molecule has 1 fully saturated rings. The lowest BCUT2D eigenvalue weighted by atomic mass is 9.91. The van der Waals surface area contributed by atoms with Gasteiger partial charge in [-0.05, 0) is 44.7 Å². The molecule has 0 bridgehead atoms. The van der Waals surface area contributed by atoms with Gasteiger partial charge in [0.25, 0.3) is 5.91 Å². The SMILES string of the molecule is CC1Oc2ccccc2N(CC(=O)N2CCC(C(C)N)CC2)C1=O.Cl. The number of carbonyl (C=O) groups is 2. The zero-order valence-electron chi connectivity index (χ0n) is 14.7. The predicted molar refractivity (Wildman–Crippen MR) is 99.1 cm³/mol. The van der Waals surface area contributed by atoms with E-state index in [2.05, 4.69) is 0 Å². The molecule has 1 aromatic carbocycles. The van der Waals surface area contributed by atoms with Crippen molar-refractivity contribution in [3.8, 4) is 5.75 Å². The molecule has 0 saturated carbocycles. The summed E-state index contributed by atoms with van der Waals surface area (Å²) < 4.78 is 5.61. The van der Waals surface area contributed by atoms with Crippen molar-refractivity contribution in [1.82, 2.24) is 4.90 Å². The number of anilines is 1. The van der Waals surface area contributed by atoms with E-state index in [1.54, 1.807) is 11.8 Å². The number of hydrogen-bond acceptors (Lipinski definition) is 4. The van der Waals surface area contributed by atoms with Gasteiger partial charge in [0.05, 0.1) is 5.69 Å². The third-order valence-electron chi connectivity index (χ3n) is 5.00. The number of nitrogens with zero attached hydrogens (tertiary/aromatic N) is 2. The molecule has 1 saturated heterocycles. The Morgan fingerprint density at radius 3 is 2.60 bits per heavy atom. The number of halogens is 1. The molecule has 2 atom stereocenters. The van der Waals surface area contributed by atoms with Crippen molar-refractivity contribution in [2.45, 2.75) is 38.8 Å². The summed E-state index contributed by atoms with van der Waals surface area (Å²) in [5, 5.41) is 0. The van der Waals surface area contributed by atoms with Gasteiger partial charge < -0.3 is 15.4 Å². The van der Waals surface area contributed by atoms with Crippen LogP contribution >= 0.6 is 12.4 Å². The fourth-order valence-corrected chi connectivity index (χ4v) is 3.43. The first-order valence-electron chi connectivity index (χ1n) is 8.58. The Hall–Kier alpha value is -1.79. The fourth-order valence-electron chi connectivity index (χ4n) is 3.43. The highest BCUT2D eigenvalue weighted by Gasteiger charge is 2.34. The van der Waals surface area contributed by atoms with Gasteiger partial charge in [0.15, 0.2) is 6.10 Å². The molecule has 2 amide bonds. The molecule has 2 unspecified atom stereocenters. The van der Waals surface area contributed by atoms with Gasteiger partial charge in [0, 0.05) is 19.1 Å². The molecule has 2 N–H and O–H groups in total. The number of likely N-dealkylation sites (tertiary alicyclic amines) is 1. The van der Waals surface area contributed by atoms with Crippen molar-refractivity contribution >= 4 is 29.9 Å². The Labute approximate surface area is 154 Å². The summed E-state index contributed by atoms with van der Waals surface area (Å²) in [6.45, 7) is 5.21. The number of ether oxygens (including phenoxy) is 1. The summed E-state index contributed by atoms with van der Waals surface area (Å²) in [4.78, 5) is 28.5. The number of para-hydroxylation sites is 2. The van der Waals surface area contributed by atoms with Crippen LogP contribution in [0.1, 0.15) is 26.7 Å². The summed E-state index contributed by atoms with van der Waals surface area (Å²) in [6, 6.07) is 7.51. The molecule has 2 aliphatic rings. The second-order valence-corrected chi connectivity index (χ2v) is 6.73. The first-order chi connectivity index (χ1) is 11.5. The lowest BCUT2D eigenvalue weighted by molar-refractivity contribution is -0.134. The van der Waals surface area contributed by atoms with Crippen molar-refractivity contribution in [2.75, 3.05) is 24.5 Å². The minimum atomic E-state index is -0.573. The van der Waals surface area contributed by atoms with Gasteiger partial charge in [-0.2, -0.15) is 0 Å². The van der Waals surface area contributed by atoms with E-state index in [1.807, 2.05) is 36.1 Å². The first kappa shape index (κ1) is 19.5. The van der Waals surface area contributed by atoms with Crippen LogP contribution in [0.2, 0.25) is 0 Å². The first-order valence-corrected chi connectivity index (χ1v) is 8.58. The Kier molecular flexibility index (Phi) is 6.30. The molecule has 6 nitrogen and oxygen atoms in total. The van der Waals surface area contributed by atoms with E-state index in [9.17, 15) is 9.59 Å². The molecular weight excluding hydrogens is 342 g/mol. The van der Waals surface area contributed by atoms with E-state index >= 15 is 0 Å². The predicted octanol–water partition coefficient (Wildman–Crippen LogP) is 1.81. The van der Waals surface area contributed by atoms with Crippen LogP contribution in [-0.2, 0) is 9.59 Å². The number of hydrogen-bond donors (Lipinski definition) is 1. The quantitative estimate of drug-likeness (QED) is 0.884. The van der Waals surface area contributed by atoms with Gasteiger partial charge in [-0.1, -0.05) is 12.1 Å². The summed E-state index contributed by atoms with van der Waals surface area (Å²) in [5.41, 5.74) is 6.62. The molecule has 1 aromatic rings. The average Bonchev–Trinajstić information content (AvgIpc) is 2.58. The van der Waals surface area contributed by atoms with E-state index in [4.69, 9.17) is 10.5 Å². The number of fused-ring (bicyclic) bond motifs is 1. The molecule has 0 spiro atoms. The van der Waals surface area contributed by atoms with Crippen LogP contribution in [0.4, 0.5) is 5.69 Å². The van der Waals surface area contributed by atoms with E-state index in [1.165, 1.54) is 0 Å². The molecule has 2 aliphatic heterocycles. The number of nitrogens with two attached hydrogens (primary N) is 1. The monoisotopic (exact) mass is 367 g/mol. The molecule has 3 rings (SSSR count). The number of rotatable bonds is 3. The largest absolute Gasteiger partial charge is 0.479 e. The fraction of sp³-hybridized carbons (Fsp3) is 0.556. The van der Waals surface area contributed by atoms with Gasteiger partial charge in [-0.15, -0.1) is 12.4 Å². The summed E-state index contributed by atoms with van der Waals surface area (Å²) in [7, 11) is 0. The van der Waals surface area contributed by atoms with Gasteiger partial charge >= 0.3 is 0 Å². The third-order valence-corrected chi connectivity index (χ3v) is 5.00. The Balaban J connectivity index is 0.00000225. The highest BCUT2D eigenvalue weighted by atomic mass is 35.5. The summed E-state index contributed by atoms with van der Waals surface area (Å²) in [5.74, 6) is 0.927. The molecule has 0 aromatic heterocycles. The van der Waals surface area contributed by atoms with Crippen LogP contribution in [0.3, 0.4) is 0 Å². The topological polar surface area (TPSA) is 75.9 Å². The van der Waals surface area contributed by atoms with Crippen LogP contribution in [-0.4, -0.2) is 48.5 Å². The van der Waals surface area contributed by atoms with Crippen molar-refractivity contribution in [2.24, 2.45) is 11.7 Å². The van der Waals surface area contributed by atoms with Crippen LogP contribution in [0.15, 0.2) is 24.3 Å². The van der Waals surface area contributed by atoms with E-state index in [0.29, 0.717) is 30.4 Å². The molecule has 138 valence electrons. The van der Waals surface area contributed by atoms with E-state index < -0.39 is 6.10 Å². The van der Waals surface area contributed by atoms with Crippen molar-refractivity contribution < 1.29 is 14.3 Å². The molecule has 0 radical (unpaired) electrons. The Morgan fingerprint density at radius 2 is 1.96 bits per heavy atom. The van der Waals surface area contributed by atoms with Gasteiger partial charge in [-0.25, -0.2) is 0 Å². The van der Waals surface area contributed by atoms with Gasteiger partial charge in [-0.3, -0.25) is 14.5 Å². The molecular formula is C18H26ClN3O3. The summed E-state index contributed by atoms with van der Waals surface area (Å²) in [6.07, 6.45) is 1.28. The van der Waals surface area contributed by atoms with Crippen LogP contribution in [0.5, 0.6) is 5.75 Å². The standard InChI is InChI=1S/C18H25N3O3.ClH/c1-12(19)14-7-9-20(10-8-14)17(22)11-21-15-5-3-4-6-16(15)24-13(2)18(21)23;/h3-6,12-14H,7-11,19H2,1-2H3;1H. The number of amides is 2. The second kappa shape index (κ2) is 8.06. The van der Waals surface area contributed by atoms with Gasteiger partial charge in [0.1, 0.15) is 12.3 Å². The van der Waals surface area contributed by atoms with E-state index in [0.717, 1.165) is 12.8 Å². The Morgan fingerprint density at radius 1 is 1.32 bits per heavy atom. The van der Waals surface area contributed by atoms with Crippen LogP contribution < -0.4 is 15.4 Å². The van der Waals surface area contributed by atoms with Gasteiger partial charge in [0.2, 0.25) is 5.91 Å².